The number of aromatic nitrogens is 1. The number of primary amides is 1. The smallest absolute Gasteiger partial charge is 0.255 e. The lowest BCUT2D eigenvalue weighted by Crippen LogP contribution is -2.41. The lowest BCUT2D eigenvalue weighted by Gasteiger charge is -2.30. The molecule has 2 aliphatic heterocycles. The molecule has 130 valence electrons. The summed E-state index contributed by atoms with van der Waals surface area (Å²) in [6.07, 6.45) is 3.40. The van der Waals surface area contributed by atoms with Crippen LogP contribution in [0.25, 0.3) is 0 Å². The second kappa shape index (κ2) is 7.36. The van der Waals surface area contributed by atoms with E-state index in [-0.39, 0.29) is 23.8 Å². The van der Waals surface area contributed by atoms with Crippen molar-refractivity contribution in [1.29, 1.82) is 0 Å². The molecule has 2 aliphatic rings. The van der Waals surface area contributed by atoms with Crippen LogP contribution in [0.3, 0.4) is 0 Å². The molecule has 0 aromatic carbocycles. The minimum Gasteiger partial charge on any atom is -0.471 e. The average molecular weight is 354 g/mol. The maximum atomic E-state index is 12.5. The van der Waals surface area contributed by atoms with Gasteiger partial charge in [-0.25, -0.2) is 4.98 Å². The third-order valence-corrected chi connectivity index (χ3v) is 4.68. The highest BCUT2D eigenvalue weighted by atomic mass is 35.5. The number of rotatable bonds is 4. The van der Waals surface area contributed by atoms with Crippen molar-refractivity contribution in [2.24, 2.45) is 11.7 Å². The van der Waals surface area contributed by atoms with Gasteiger partial charge in [-0.2, -0.15) is 0 Å². The first kappa shape index (κ1) is 17.0. The van der Waals surface area contributed by atoms with Crippen LogP contribution in [0.2, 0.25) is 5.02 Å². The molecule has 0 aliphatic carbocycles. The van der Waals surface area contributed by atoms with Gasteiger partial charge in [0, 0.05) is 31.6 Å². The van der Waals surface area contributed by atoms with E-state index < -0.39 is 0 Å². The zero-order valence-corrected chi connectivity index (χ0v) is 14.0. The van der Waals surface area contributed by atoms with Gasteiger partial charge >= 0.3 is 0 Å². The second-order valence-corrected chi connectivity index (χ2v) is 6.49. The van der Waals surface area contributed by atoms with Gasteiger partial charge in [-0.05, 0) is 18.9 Å². The number of likely N-dealkylation sites (tertiary alicyclic amines) is 1. The highest BCUT2D eigenvalue weighted by molar-refractivity contribution is 6.32. The summed E-state index contributed by atoms with van der Waals surface area (Å²) in [4.78, 5) is 29.6. The first-order chi connectivity index (χ1) is 11.5. The van der Waals surface area contributed by atoms with Crippen molar-refractivity contribution in [3.8, 4) is 5.88 Å². The molecule has 2 fully saturated rings. The maximum Gasteiger partial charge on any atom is 0.255 e. The van der Waals surface area contributed by atoms with Gasteiger partial charge in [-0.3, -0.25) is 9.59 Å². The Morgan fingerprint density at radius 3 is 2.67 bits per heavy atom. The van der Waals surface area contributed by atoms with Gasteiger partial charge in [0.25, 0.3) is 5.91 Å². The molecule has 2 N–H and O–H groups in total. The molecule has 2 amide bonds. The number of carbonyl (C=O) groups is 2. The lowest BCUT2D eigenvalue weighted by molar-refractivity contribution is -0.123. The summed E-state index contributed by atoms with van der Waals surface area (Å²) in [6.45, 7) is 2.19. The molecular weight excluding hydrogens is 334 g/mol. The highest BCUT2D eigenvalue weighted by Gasteiger charge is 2.27. The topological polar surface area (TPSA) is 94.8 Å². The van der Waals surface area contributed by atoms with Crippen molar-refractivity contribution in [3.63, 3.8) is 0 Å². The van der Waals surface area contributed by atoms with Crippen molar-refractivity contribution in [3.05, 3.63) is 22.8 Å². The fraction of sp³-hybridized carbons (Fsp3) is 0.562. The third kappa shape index (κ3) is 3.79. The minimum absolute atomic E-state index is 0.0515. The molecule has 3 heterocycles. The molecule has 1 aromatic heterocycles. The monoisotopic (exact) mass is 353 g/mol. The number of nitrogens with two attached hydrogens (primary N) is 1. The van der Waals surface area contributed by atoms with Gasteiger partial charge < -0.3 is 20.1 Å². The summed E-state index contributed by atoms with van der Waals surface area (Å²) in [7, 11) is 0. The quantitative estimate of drug-likeness (QED) is 0.878. The molecule has 0 radical (unpaired) electrons. The summed E-state index contributed by atoms with van der Waals surface area (Å²) < 4.78 is 10.9. The average Bonchev–Trinajstić information content (AvgIpc) is 3.09. The first-order valence-electron chi connectivity index (χ1n) is 8.03. The molecule has 7 nitrogen and oxygen atoms in total. The number of hydrogen-bond donors (Lipinski definition) is 1. The van der Waals surface area contributed by atoms with Crippen molar-refractivity contribution >= 4 is 23.4 Å². The zero-order valence-electron chi connectivity index (χ0n) is 13.2. The van der Waals surface area contributed by atoms with Crippen LogP contribution in [-0.4, -0.2) is 54.1 Å². The van der Waals surface area contributed by atoms with Crippen molar-refractivity contribution in [2.75, 3.05) is 26.3 Å². The minimum atomic E-state index is -0.302. The number of halogens is 1. The van der Waals surface area contributed by atoms with Gasteiger partial charge in [0.05, 0.1) is 18.8 Å². The molecule has 2 saturated heterocycles. The predicted octanol–water partition coefficient (Wildman–Crippen LogP) is 1.24. The van der Waals surface area contributed by atoms with Crippen LogP contribution >= 0.6 is 11.6 Å². The Morgan fingerprint density at radius 1 is 1.33 bits per heavy atom. The van der Waals surface area contributed by atoms with Crippen LogP contribution in [0.15, 0.2) is 12.3 Å². The molecule has 8 heteroatoms. The molecule has 1 atom stereocenters. The fourth-order valence-corrected chi connectivity index (χ4v) is 3.15. The number of pyridine rings is 1. The normalized spacial score (nSPS) is 21.7. The third-order valence-electron chi connectivity index (χ3n) is 4.41. The Morgan fingerprint density at radius 2 is 2.08 bits per heavy atom. The van der Waals surface area contributed by atoms with E-state index in [0.29, 0.717) is 55.6 Å². The number of piperidine rings is 1. The van der Waals surface area contributed by atoms with Crippen molar-refractivity contribution in [2.45, 2.75) is 25.4 Å². The van der Waals surface area contributed by atoms with E-state index in [1.54, 1.807) is 11.0 Å². The van der Waals surface area contributed by atoms with Crippen LogP contribution < -0.4 is 10.5 Å². The Balaban J connectivity index is 1.63. The summed E-state index contributed by atoms with van der Waals surface area (Å²) >= 11 is 6.20. The predicted molar refractivity (Wildman–Crippen MR) is 86.9 cm³/mol. The van der Waals surface area contributed by atoms with Crippen LogP contribution in [-0.2, 0) is 9.53 Å². The highest BCUT2D eigenvalue weighted by Crippen LogP contribution is 2.26. The van der Waals surface area contributed by atoms with Crippen LogP contribution in [0, 0.1) is 5.92 Å². The molecule has 3 rings (SSSR count). The van der Waals surface area contributed by atoms with Gasteiger partial charge in [0.15, 0.2) is 0 Å². The van der Waals surface area contributed by atoms with Gasteiger partial charge in [0.2, 0.25) is 11.8 Å². The number of amides is 2. The van der Waals surface area contributed by atoms with Gasteiger partial charge in [-0.15, -0.1) is 0 Å². The van der Waals surface area contributed by atoms with Crippen LogP contribution in [0.1, 0.15) is 29.6 Å². The van der Waals surface area contributed by atoms with Gasteiger partial charge in [0.1, 0.15) is 11.1 Å². The van der Waals surface area contributed by atoms with Crippen LogP contribution in [0.4, 0.5) is 0 Å². The largest absolute Gasteiger partial charge is 0.471 e. The molecule has 0 spiro atoms. The molecule has 0 bridgehead atoms. The standard InChI is InChI=1S/C16H20ClN3O4/c17-13-7-11(8-19-15(13)24-12-3-6-23-9-12)16(22)20-4-1-10(2-5-20)14(18)21/h7-8,10,12H,1-6,9H2,(H2,18,21)/t12-/m1/s1. The van der Waals surface area contributed by atoms with E-state index in [2.05, 4.69) is 4.98 Å². The Kier molecular flexibility index (Phi) is 5.20. The maximum absolute atomic E-state index is 12.5. The Bertz CT molecular complexity index is 626. The van der Waals surface area contributed by atoms with E-state index in [0.717, 1.165) is 6.42 Å². The molecule has 0 saturated carbocycles. The van der Waals surface area contributed by atoms with E-state index in [1.165, 1.54) is 6.20 Å². The van der Waals surface area contributed by atoms with E-state index in [1.807, 2.05) is 0 Å². The van der Waals surface area contributed by atoms with Gasteiger partial charge in [-0.1, -0.05) is 11.6 Å². The van der Waals surface area contributed by atoms with Crippen molar-refractivity contribution in [1.82, 2.24) is 9.88 Å². The Labute approximate surface area is 145 Å². The number of carbonyl (C=O) groups excluding carboxylic acids is 2. The van der Waals surface area contributed by atoms with Crippen LogP contribution in [0.5, 0.6) is 5.88 Å². The number of nitrogens with zero attached hydrogens (tertiary/aromatic N) is 2. The molecule has 1 aromatic rings. The molecule has 24 heavy (non-hydrogen) atoms. The number of hydrogen-bond acceptors (Lipinski definition) is 5. The van der Waals surface area contributed by atoms with E-state index in [9.17, 15) is 9.59 Å². The molecule has 0 unspecified atom stereocenters. The Hall–Kier alpha value is -1.86. The lowest BCUT2D eigenvalue weighted by atomic mass is 9.96. The second-order valence-electron chi connectivity index (χ2n) is 6.08. The SMILES string of the molecule is NC(=O)C1CCN(C(=O)c2cnc(O[C@@H]3CCOC3)c(Cl)c2)CC1. The number of ether oxygens (including phenoxy) is 2. The summed E-state index contributed by atoms with van der Waals surface area (Å²) in [5.74, 6) is -0.288. The summed E-state index contributed by atoms with van der Waals surface area (Å²) in [6, 6.07) is 1.57. The summed E-state index contributed by atoms with van der Waals surface area (Å²) in [5, 5.41) is 0.305. The fourth-order valence-electron chi connectivity index (χ4n) is 2.94. The first-order valence-corrected chi connectivity index (χ1v) is 8.41. The summed E-state index contributed by atoms with van der Waals surface area (Å²) in [5.41, 5.74) is 5.72. The van der Waals surface area contributed by atoms with Crippen molar-refractivity contribution < 1.29 is 19.1 Å². The van der Waals surface area contributed by atoms with E-state index in [4.69, 9.17) is 26.8 Å². The molecular formula is C16H20ClN3O4. The zero-order chi connectivity index (χ0) is 17.1. The van der Waals surface area contributed by atoms with E-state index >= 15 is 0 Å².